The molecule has 0 spiro atoms. The Morgan fingerprint density at radius 1 is 1.19 bits per heavy atom. The zero-order chi connectivity index (χ0) is 14.9. The van der Waals surface area contributed by atoms with Crippen molar-refractivity contribution in [1.82, 2.24) is 13.3 Å². The van der Waals surface area contributed by atoms with Crippen molar-refractivity contribution >= 4 is 21.8 Å². The maximum Gasteiger partial charge on any atom is 0.308 e. The number of aromatic nitrogens is 2. The Balaban J connectivity index is 1.73. The highest BCUT2D eigenvalue weighted by Gasteiger charge is 2.30. The molecule has 0 unspecified atom stereocenters. The number of imidazole rings is 1. The van der Waals surface area contributed by atoms with Crippen LogP contribution in [0.25, 0.3) is 0 Å². The van der Waals surface area contributed by atoms with Crippen LogP contribution in [0.2, 0.25) is 5.02 Å². The second-order valence-corrected chi connectivity index (χ2v) is 7.34. The molecule has 2 aromatic rings. The summed E-state index contributed by atoms with van der Waals surface area (Å²) >= 11 is 6.22. The van der Waals surface area contributed by atoms with E-state index in [-0.39, 0.29) is 0 Å². The standard InChI is InChI=1S/C14H16ClN3O2S/c15-14-4-2-1-3-13(14)12-5-8-17(9-6-12)21(19,20)18-10-7-16-11-18/h1-4,7,10-12H,5-6,8-9H2. The Morgan fingerprint density at radius 2 is 1.90 bits per heavy atom. The molecule has 1 aliphatic heterocycles. The summed E-state index contributed by atoms with van der Waals surface area (Å²) in [7, 11) is -3.48. The van der Waals surface area contributed by atoms with Crippen molar-refractivity contribution in [2.75, 3.05) is 13.1 Å². The number of hydrogen-bond donors (Lipinski definition) is 0. The molecular weight excluding hydrogens is 310 g/mol. The van der Waals surface area contributed by atoms with Crippen LogP contribution >= 0.6 is 11.6 Å². The summed E-state index contributed by atoms with van der Waals surface area (Å²) in [6, 6.07) is 7.78. The molecular formula is C14H16ClN3O2S. The Kier molecular flexibility index (Phi) is 4.01. The van der Waals surface area contributed by atoms with Crippen LogP contribution in [0, 0.1) is 0 Å². The molecule has 0 radical (unpaired) electrons. The minimum atomic E-state index is -3.48. The molecule has 21 heavy (non-hydrogen) atoms. The summed E-state index contributed by atoms with van der Waals surface area (Å²) in [5.74, 6) is 0.313. The number of nitrogens with zero attached hydrogens (tertiary/aromatic N) is 3. The molecule has 2 heterocycles. The lowest BCUT2D eigenvalue weighted by molar-refractivity contribution is 0.316. The molecule has 1 fully saturated rings. The van der Waals surface area contributed by atoms with Gasteiger partial charge in [0.15, 0.2) is 0 Å². The summed E-state index contributed by atoms with van der Waals surface area (Å²) in [5, 5.41) is 0.758. The Bertz CT molecular complexity index is 708. The van der Waals surface area contributed by atoms with Gasteiger partial charge in [0.2, 0.25) is 0 Å². The van der Waals surface area contributed by atoms with E-state index in [1.807, 2.05) is 24.3 Å². The van der Waals surface area contributed by atoms with E-state index in [9.17, 15) is 8.42 Å². The van der Waals surface area contributed by atoms with Crippen LogP contribution in [0.4, 0.5) is 0 Å². The second kappa shape index (κ2) is 5.79. The summed E-state index contributed by atoms with van der Waals surface area (Å²) in [5.41, 5.74) is 1.11. The van der Waals surface area contributed by atoms with E-state index >= 15 is 0 Å². The van der Waals surface area contributed by atoms with Crippen molar-refractivity contribution in [3.63, 3.8) is 0 Å². The molecule has 112 valence electrons. The monoisotopic (exact) mass is 325 g/mol. The quantitative estimate of drug-likeness (QED) is 0.871. The average molecular weight is 326 g/mol. The summed E-state index contributed by atoms with van der Waals surface area (Å²) < 4.78 is 27.4. The first-order valence-corrected chi connectivity index (χ1v) is 8.59. The summed E-state index contributed by atoms with van der Waals surface area (Å²) in [4.78, 5) is 3.80. The molecule has 0 atom stereocenters. The zero-order valence-corrected chi connectivity index (χ0v) is 13.0. The van der Waals surface area contributed by atoms with E-state index in [0.29, 0.717) is 19.0 Å². The van der Waals surface area contributed by atoms with Crippen LogP contribution in [0.3, 0.4) is 0 Å². The lowest BCUT2D eigenvalue weighted by Gasteiger charge is -2.31. The molecule has 1 aromatic carbocycles. The Morgan fingerprint density at radius 3 is 2.52 bits per heavy atom. The van der Waals surface area contributed by atoms with Gasteiger partial charge >= 0.3 is 10.2 Å². The largest absolute Gasteiger partial charge is 0.308 e. The van der Waals surface area contributed by atoms with Crippen molar-refractivity contribution in [2.24, 2.45) is 0 Å². The molecule has 0 aliphatic carbocycles. The second-order valence-electron chi connectivity index (χ2n) is 5.10. The van der Waals surface area contributed by atoms with Crippen LogP contribution in [0.5, 0.6) is 0 Å². The third-order valence-corrected chi connectivity index (χ3v) is 5.98. The van der Waals surface area contributed by atoms with Crippen LogP contribution in [-0.2, 0) is 10.2 Å². The van der Waals surface area contributed by atoms with E-state index < -0.39 is 10.2 Å². The Labute approximate surface area is 129 Å². The molecule has 7 heteroatoms. The summed E-state index contributed by atoms with van der Waals surface area (Å²) in [6.07, 6.45) is 5.79. The highest BCUT2D eigenvalue weighted by Crippen LogP contribution is 2.33. The SMILES string of the molecule is O=S(=O)(N1CCC(c2ccccc2Cl)CC1)n1ccnc1. The predicted molar refractivity (Wildman–Crippen MR) is 81.5 cm³/mol. The number of benzene rings is 1. The first-order chi connectivity index (χ1) is 10.1. The molecule has 1 saturated heterocycles. The van der Waals surface area contributed by atoms with E-state index in [2.05, 4.69) is 4.98 Å². The topological polar surface area (TPSA) is 55.2 Å². The van der Waals surface area contributed by atoms with Crippen molar-refractivity contribution in [3.8, 4) is 0 Å². The lowest BCUT2D eigenvalue weighted by Crippen LogP contribution is -2.40. The molecule has 5 nitrogen and oxygen atoms in total. The van der Waals surface area contributed by atoms with Crippen molar-refractivity contribution < 1.29 is 8.42 Å². The number of halogens is 1. The van der Waals surface area contributed by atoms with Gasteiger partial charge in [-0.15, -0.1) is 0 Å². The van der Waals surface area contributed by atoms with Gasteiger partial charge in [0, 0.05) is 30.5 Å². The molecule has 1 aliphatic rings. The predicted octanol–water partition coefficient (Wildman–Crippen LogP) is 2.51. The van der Waals surface area contributed by atoms with Gasteiger partial charge in [0.05, 0.1) is 0 Å². The number of piperidine rings is 1. The van der Waals surface area contributed by atoms with Crippen molar-refractivity contribution in [2.45, 2.75) is 18.8 Å². The maximum absolute atomic E-state index is 12.4. The highest BCUT2D eigenvalue weighted by atomic mass is 35.5. The summed E-state index contributed by atoms with van der Waals surface area (Å²) in [6.45, 7) is 0.993. The molecule has 0 saturated carbocycles. The fourth-order valence-electron chi connectivity index (χ4n) is 2.72. The fourth-order valence-corrected chi connectivity index (χ4v) is 4.33. The van der Waals surface area contributed by atoms with Gasteiger partial charge in [-0.25, -0.2) is 8.96 Å². The van der Waals surface area contributed by atoms with Gasteiger partial charge in [-0.2, -0.15) is 12.7 Å². The minimum absolute atomic E-state index is 0.313. The van der Waals surface area contributed by atoms with Gasteiger partial charge in [-0.3, -0.25) is 0 Å². The van der Waals surface area contributed by atoms with Crippen LogP contribution in [0.15, 0.2) is 43.0 Å². The van der Waals surface area contributed by atoms with Crippen LogP contribution in [0.1, 0.15) is 24.3 Å². The van der Waals surface area contributed by atoms with Crippen molar-refractivity contribution in [1.29, 1.82) is 0 Å². The first-order valence-electron chi connectivity index (χ1n) is 6.82. The average Bonchev–Trinajstić information content (AvgIpc) is 3.03. The lowest BCUT2D eigenvalue weighted by atomic mass is 9.90. The smallest absolute Gasteiger partial charge is 0.244 e. The van der Waals surface area contributed by atoms with E-state index in [1.165, 1.54) is 23.0 Å². The third-order valence-electron chi connectivity index (χ3n) is 3.87. The van der Waals surface area contributed by atoms with E-state index in [4.69, 9.17) is 11.6 Å². The number of rotatable bonds is 3. The Hall–Kier alpha value is -1.37. The van der Waals surface area contributed by atoms with Crippen molar-refractivity contribution in [3.05, 3.63) is 53.6 Å². The molecule has 3 rings (SSSR count). The van der Waals surface area contributed by atoms with Gasteiger partial charge in [-0.1, -0.05) is 29.8 Å². The molecule has 0 N–H and O–H groups in total. The zero-order valence-electron chi connectivity index (χ0n) is 11.4. The molecule has 0 amide bonds. The minimum Gasteiger partial charge on any atom is -0.244 e. The molecule has 0 bridgehead atoms. The van der Waals surface area contributed by atoms with Crippen LogP contribution in [-0.4, -0.2) is 34.8 Å². The number of hydrogen-bond acceptors (Lipinski definition) is 3. The molecule has 1 aromatic heterocycles. The highest BCUT2D eigenvalue weighted by molar-refractivity contribution is 7.87. The van der Waals surface area contributed by atoms with Gasteiger partial charge in [0.25, 0.3) is 0 Å². The third kappa shape index (κ3) is 2.84. The first kappa shape index (κ1) is 14.6. The fraction of sp³-hybridized carbons (Fsp3) is 0.357. The van der Waals surface area contributed by atoms with Gasteiger partial charge in [0.1, 0.15) is 6.33 Å². The van der Waals surface area contributed by atoms with Gasteiger partial charge < -0.3 is 0 Å². The van der Waals surface area contributed by atoms with Gasteiger partial charge in [-0.05, 0) is 30.4 Å². The maximum atomic E-state index is 12.4. The van der Waals surface area contributed by atoms with Crippen LogP contribution < -0.4 is 0 Å². The van der Waals surface area contributed by atoms with E-state index in [1.54, 1.807) is 0 Å². The normalized spacial score (nSPS) is 18.0. The van der Waals surface area contributed by atoms with E-state index in [0.717, 1.165) is 27.4 Å².